The fraction of sp³-hybridized carbons (Fsp3) is 0.500. The second-order valence-corrected chi connectivity index (χ2v) is 5.06. The SMILES string of the molecule is NOCC/C=C/c1ccc(C2CCCCC2)cc1. The van der Waals surface area contributed by atoms with E-state index in [4.69, 9.17) is 5.90 Å². The van der Waals surface area contributed by atoms with Crippen LogP contribution in [0.25, 0.3) is 6.08 Å². The van der Waals surface area contributed by atoms with Crippen LogP contribution in [0.2, 0.25) is 0 Å². The standard InChI is InChI=1S/C16H23NO/c17-18-13-5-4-6-14-9-11-16(12-10-14)15-7-2-1-3-8-15/h4,6,9-12,15H,1-3,5,7-8,13,17H2/b6-4+. The Bertz CT molecular complexity index is 363. The molecule has 0 aromatic heterocycles. The molecule has 1 saturated carbocycles. The van der Waals surface area contributed by atoms with E-state index in [1.807, 2.05) is 0 Å². The number of hydrogen-bond donors (Lipinski definition) is 1. The van der Waals surface area contributed by atoms with Gasteiger partial charge in [-0.15, -0.1) is 0 Å². The van der Waals surface area contributed by atoms with Gasteiger partial charge in [-0.05, 0) is 36.3 Å². The molecule has 0 radical (unpaired) electrons. The zero-order valence-electron chi connectivity index (χ0n) is 11.0. The number of hydrogen-bond acceptors (Lipinski definition) is 2. The van der Waals surface area contributed by atoms with E-state index >= 15 is 0 Å². The van der Waals surface area contributed by atoms with Crippen LogP contribution >= 0.6 is 0 Å². The molecular formula is C16H23NO. The topological polar surface area (TPSA) is 35.2 Å². The van der Waals surface area contributed by atoms with Gasteiger partial charge in [0, 0.05) is 0 Å². The lowest BCUT2D eigenvalue weighted by Gasteiger charge is -2.21. The highest BCUT2D eigenvalue weighted by Gasteiger charge is 2.14. The number of benzene rings is 1. The van der Waals surface area contributed by atoms with Crippen molar-refractivity contribution in [3.63, 3.8) is 0 Å². The summed E-state index contributed by atoms with van der Waals surface area (Å²) in [6, 6.07) is 9.00. The second-order valence-electron chi connectivity index (χ2n) is 5.06. The maximum atomic E-state index is 4.98. The molecule has 1 fully saturated rings. The maximum Gasteiger partial charge on any atom is 0.0713 e. The summed E-state index contributed by atoms with van der Waals surface area (Å²) in [5.74, 6) is 5.77. The van der Waals surface area contributed by atoms with Crippen molar-refractivity contribution in [2.75, 3.05) is 6.61 Å². The predicted octanol–water partition coefficient (Wildman–Crippen LogP) is 4.03. The largest absolute Gasteiger partial charge is 0.304 e. The van der Waals surface area contributed by atoms with Gasteiger partial charge >= 0.3 is 0 Å². The Morgan fingerprint density at radius 3 is 2.50 bits per heavy atom. The first-order valence-electron chi connectivity index (χ1n) is 6.98. The summed E-state index contributed by atoms with van der Waals surface area (Å²) in [5.41, 5.74) is 2.77. The van der Waals surface area contributed by atoms with Gasteiger partial charge in [-0.25, -0.2) is 5.90 Å². The molecule has 2 heteroatoms. The van der Waals surface area contributed by atoms with E-state index in [9.17, 15) is 0 Å². The minimum absolute atomic E-state index is 0.580. The van der Waals surface area contributed by atoms with Gasteiger partial charge in [-0.2, -0.15) is 0 Å². The summed E-state index contributed by atoms with van der Waals surface area (Å²) in [6.45, 7) is 0.580. The Morgan fingerprint density at radius 2 is 1.83 bits per heavy atom. The third kappa shape index (κ3) is 3.97. The lowest BCUT2D eigenvalue weighted by Crippen LogP contribution is -2.04. The molecule has 0 heterocycles. The van der Waals surface area contributed by atoms with Gasteiger partial charge in [0.05, 0.1) is 6.61 Å². The highest BCUT2D eigenvalue weighted by Crippen LogP contribution is 2.32. The molecule has 0 amide bonds. The van der Waals surface area contributed by atoms with Crippen molar-refractivity contribution in [1.29, 1.82) is 0 Å². The van der Waals surface area contributed by atoms with Gasteiger partial charge in [0.15, 0.2) is 0 Å². The fourth-order valence-electron chi connectivity index (χ4n) is 2.67. The molecule has 18 heavy (non-hydrogen) atoms. The summed E-state index contributed by atoms with van der Waals surface area (Å²) >= 11 is 0. The van der Waals surface area contributed by atoms with E-state index in [1.165, 1.54) is 43.2 Å². The van der Waals surface area contributed by atoms with Crippen LogP contribution in [-0.4, -0.2) is 6.61 Å². The Labute approximate surface area is 110 Å². The van der Waals surface area contributed by atoms with E-state index in [0.717, 1.165) is 12.3 Å². The molecule has 2 N–H and O–H groups in total. The molecule has 0 spiro atoms. The minimum Gasteiger partial charge on any atom is -0.304 e. The van der Waals surface area contributed by atoms with E-state index in [0.29, 0.717) is 6.61 Å². The Kier molecular flexibility index (Phi) is 5.43. The average Bonchev–Trinajstić information content (AvgIpc) is 2.45. The summed E-state index contributed by atoms with van der Waals surface area (Å²) in [7, 11) is 0. The van der Waals surface area contributed by atoms with E-state index in [1.54, 1.807) is 0 Å². The van der Waals surface area contributed by atoms with Crippen LogP contribution in [0.15, 0.2) is 30.3 Å². The van der Waals surface area contributed by atoms with E-state index in [2.05, 4.69) is 41.3 Å². The van der Waals surface area contributed by atoms with Crippen LogP contribution in [0.4, 0.5) is 0 Å². The predicted molar refractivity (Wildman–Crippen MR) is 76.1 cm³/mol. The summed E-state index contributed by atoms with van der Waals surface area (Å²) in [6.07, 6.45) is 12.0. The smallest absolute Gasteiger partial charge is 0.0713 e. The highest BCUT2D eigenvalue weighted by molar-refractivity contribution is 5.49. The van der Waals surface area contributed by atoms with Crippen molar-refractivity contribution in [2.45, 2.75) is 44.4 Å². The molecular weight excluding hydrogens is 222 g/mol. The maximum absolute atomic E-state index is 4.98. The van der Waals surface area contributed by atoms with Crippen molar-refractivity contribution in [3.8, 4) is 0 Å². The first-order valence-corrected chi connectivity index (χ1v) is 6.98. The number of rotatable bonds is 5. The summed E-state index contributed by atoms with van der Waals surface area (Å²) < 4.78 is 0. The van der Waals surface area contributed by atoms with Crippen LogP contribution in [0.3, 0.4) is 0 Å². The van der Waals surface area contributed by atoms with Crippen molar-refractivity contribution in [3.05, 3.63) is 41.5 Å². The summed E-state index contributed by atoms with van der Waals surface area (Å²) in [4.78, 5) is 4.53. The van der Waals surface area contributed by atoms with Gasteiger partial charge in [-0.3, -0.25) is 0 Å². The molecule has 0 bridgehead atoms. The van der Waals surface area contributed by atoms with Gasteiger partial charge in [-0.1, -0.05) is 55.7 Å². The van der Waals surface area contributed by atoms with Gasteiger partial charge in [0.2, 0.25) is 0 Å². The van der Waals surface area contributed by atoms with Crippen molar-refractivity contribution >= 4 is 6.08 Å². The molecule has 1 aliphatic rings. The Hall–Kier alpha value is -1.12. The molecule has 2 nitrogen and oxygen atoms in total. The van der Waals surface area contributed by atoms with Crippen molar-refractivity contribution in [1.82, 2.24) is 0 Å². The van der Waals surface area contributed by atoms with Crippen LogP contribution < -0.4 is 5.90 Å². The summed E-state index contributed by atoms with van der Waals surface area (Å²) in [5, 5.41) is 0. The highest BCUT2D eigenvalue weighted by atomic mass is 16.6. The first-order chi connectivity index (χ1) is 8.90. The fourth-order valence-corrected chi connectivity index (χ4v) is 2.67. The average molecular weight is 245 g/mol. The normalized spacial score (nSPS) is 17.4. The van der Waals surface area contributed by atoms with Gasteiger partial charge in [0.1, 0.15) is 0 Å². The molecule has 0 saturated heterocycles. The third-order valence-electron chi connectivity index (χ3n) is 3.73. The zero-order chi connectivity index (χ0) is 12.6. The molecule has 0 aliphatic heterocycles. The molecule has 1 aromatic rings. The van der Waals surface area contributed by atoms with Crippen LogP contribution in [0.1, 0.15) is 55.6 Å². The van der Waals surface area contributed by atoms with Crippen LogP contribution in [-0.2, 0) is 4.84 Å². The first kappa shape index (κ1) is 13.3. The van der Waals surface area contributed by atoms with E-state index < -0.39 is 0 Å². The second kappa shape index (κ2) is 7.34. The number of nitrogens with two attached hydrogens (primary N) is 1. The molecule has 98 valence electrons. The van der Waals surface area contributed by atoms with Crippen LogP contribution in [0, 0.1) is 0 Å². The molecule has 0 atom stereocenters. The zero-order valence-corrected chi connectivity index (χ0v) is 11.0. The minimum atomic E-state index is 0.580. The van der Waals surface area contributed by atoms with E-state index in [-0.39, 0.29) is 0 Å². The van der Waals surface area contributed by atoms with Crippen molar-refractivity contribution in [2.24, 2.45) is 5.90 Å². The molecule has 1 aliphatic carbocycles. The lowest BCUT2D eigenvalue weighted by molar-refractivity contribution is 0.143. The third-order valence-corrected chi connectivity index (χ3v) is 3.73. The molecule has 2 rings (SSSR count). The van der Waals surface area contributed by atoms with Gasteiger partial charge < -0.3 is 4.84 Å². The lowest BCUT2D eigenvalue weighted by atomic mass is 9.84. The molecule has 1 aromatic carbocycles. The Balaban J connectivity index is 1.90. The van der Waals surface area contributed by atoms with Crippen LogP contribution in [0.5, 0.6) is 0 Å². The monoisotopic (exact) mass is 245 g/mol. The van der Waals surface area contributed by atoms with Crippen molar-refractivity contribution < 1.29 is 4.84 Å². The quantitative estimate of drug-likeness (QED) is 0.628. The molecule has 0 unspecified atom stereocenters. The Morgan fingerprint density at radius 1 is 1.11 bits per heavy atom. The van der Waals surface area contributed by atoms with Gasteiger partial charge in [0.25, 0.3) is 0 Å².